The lowest BCUT2D eigenvalue weighted by Gasteiger charge is -2.45. The van der Waals surface area contributed by atoms with Crippen LogP contribution >= 0.6 is 0 Å². The van der Waals surface area contributed by atoms with E-state index in [9.17, 15) is 14.4 Å². The van der Waals surface area contributed by atoms with Gasteiger partial charge in [-0.2, -0.15) is 0 Å². The van der Waals surface area contributed by atoms with Crippen molar-refractivity contribution in [3.8, 4) is 17.2 Å². The number of ether oxygens (including phenoxy) is 5. The molecular formula is C23H26N2O8. The van der Waals surface area contributed by atoms with E-state index in [1.807, 2.05) is 0 Å². The predicted octanol–water partition coefficient (Wildman–Crippen LogP) is 1.89. The van der Waals surface area contributed by atoms with Crippen molar-refractivity contribution < 1.29 is 38.1 Å². The van der Waals surface area contributed by atoms with E-state index in [0.29, 0.717) is 22.8 Å². The monoisotopic (exact) mass is 458 g/mol. The van der Waals surface area contributed by atoms with Crippen molar-refractivity contribution in [1.82, 2.24) is 10.2 Å². The van der Waals surface area contributed by atoms with Crippen LogP contribution in [0.2, 0.25) is 0 Å². The molecule has 0 radical (unpaired) electrons. The highest BCUT2D eigenvalue weighted by molar-refractivity contribution is 6.01. The van der Waals surface area contributed by atoms with Crippen molar-refractivity contribution in [2.45, 2.75) is 25.2 Å². The topological polar surface area (TPSA) is 113 Å². The summed E-state index contributed by atoms with van der Waals surface area (Å²) >= 11 is 0. The van der Waals surface area contributed by atoms with Crippen molar-refractivity contribution in [3.63, 3.8) is 0 Å². The number of carbonyl (C=O) groups excluding carboxylic acids is 3. The van der Waals surface area contributed by atoms with Gasteiger partial charge in [-0.1, -0.05) is 12.1 Å². The molecule has 33 heavy (non-hydrogen) atoms. The first-order chi connectivity index (χ1) is 15.9. The van der Waals surface area contributed by atoms with Crippen LogP contribution in [0.4, 0.5) is 4.79 Å². The molecule has 10 nitrogen and oxygen atoms in total. The van der Waals surface area contributed by atoms with E-state index in [-0.39, 0.29) is 13.2 Å². The number of hydrogen-bond acceptors (Lipinski definition) is 8. The molecule has 1 heterocycles. The zero-order valence-electron chi connectivity index (χ0n) is 18.8. The van der Waals surface area contributed by atoms with E-state index >= 15 is 0 Å². The highest BCUT2D eigenvalue weighted by atomic mass is 16.5. The number of rotatable bonds is 9. The van der Waals surface area contributed by atoms with Crippen molar-refractivity contribution in [3.05, 3.63) is 53.6 Å². The summed E-state index contributed by atoms with van der Waals surface area (Å²) < 4.78 is 25.7. The first-order valence-electron chi connectivity index (χ1n) is 10.1. The number of nitrogens with zero attached hydrogens (tertiary/aromatic N) is 1. The Hall–Kier alpha value is -3.95. The Bertz CT molecular complexity index is 1010. The molecule has 3 rings (SSSR count). The van der Waals surface area contributed by atoms with Gasteiger partial charge in [0, 0.05) is 11.6 Å². The van der Waals surface area contributed by atoms with Gasteiger partial charge in [0.2, 0.25) is 5.91 Å². The van der Waals surface area contributed by atoms with E-state index in [4.69, 9.17) is 23.7 Å². The molecule has 1 N–H and O–H groups in total. The normalized spacial score (nSPS) is 17.0. The Balaban J connectivity index is 1.65. The van der Waals surface area contributed by atoms with Crippen molar-refractivity contribution in [2.75, 3.05) is 28.4 Å². The molecule has 0 aliphatic carbocycles. The average Bonchev–Trinajstić information content (AvgIpc) is 2.86. The van der Waals surface area contributed by atoms with Crippen LogP contribution in [0.3, 0.4) is 0 Å². The minimum Gasteiger partial charge on any atom is -0.497 e. The van der Waals surface area contributed by atoms with E-state index in [0.717, 1.165) is 5.56 Å². The van der Waals surface area contributed by atoms with Gasteiger partial charge in [0.05, 0.1) is 35.0 Å². The van der Waals surface area contributed by atoms with Gasteiger partial charge < -0.3 is 33.9 Å². The first kappa shape index (κ1) is 23.7. The zero-order chi connectivity index (χ0) is 24.0. The molecule has 0 spiro atoms. The van der Waals surface area contributed by atoms with Gasteiger partial charge in [0.1, 0.15) is 29.9 Å². The third kappa shape index (κ3) is 5.28. The number of β-lactam (4-membered cyclic amide) rings is 1. The zero-order valence-corrected chi connectivity index (χ0v) is 18.8. The van der Waals surface area contributed by atoms with Crippen LogP contribution in [0.25, 0.3) is 0 Å². The van der Waals surface area contributed by atoms with E-state index in [2.05, 4.69) is 5.32 Å². The summed E-state index contributed by atoms with van der Waals surface area (Å²) in [5.41, 5.74) is 1.41. The minimum atomic E-state index is -1.09. The van der Waals surface area contributed by atoms with Crippen LogP contribution in [0, 0.1) is 0 Å². The molecule has 2 unspecified atom stereocenters. The lowest BCUT2D eigenvalue weighted by molar-refractivity contribution is -0.169. The van der Waals surface area contributed by atoms with Crippen molar-refractivity contribution in [2.24, 2.45) is 0 Å². The largest absolute Gasteiger partial charge is 0.497 e. The third-order valence-electron chi connectivity index (χ3n) is 5.28. The van der Waals surface area contributed by atoms with Gasteiger partial charge in [-0.3, -0.25) is 4.79 Å². The fourth-order valence-electron chi connectivity index (χ4n) is 3.45. The summed E-state index contributed by atoms with van der Waals surface area (Å²) in [4.78, 5) is 38.7. The number of methoxy groups -OCH3 is 4. The smallest absolute Gasteiger partial charge is 0.408 e. The summed E-state index contributed by atoms with van der Waals surface area (Å²) in [7, 11) is 5.80. The van der Waals surface area contributed by atoms with Gasteiger partial charge in [-0.05, 0) is 29.8 Å². The maximum atomic E-state index is 12.8. The number of alkyl carbamates (subject to hydrolysis) is 1. The maximum absolute atomic E-state index is 12.8. The number of likely N-dealkylation sites (tertiary alicyclic amines) is 1. The second kappa shape index (κ2) is 10.6. The quantitative estimate of drug-likeness (QED) is 0.448. The average molecular weight is 458 g/mol. The predicted molar refractivity (Wildman–Crippen MR) is 116 cm³/mol. The van der Waals surface area contributed by atoms with Crippen molar-refractivity contribution >= 4 is 18.0 Å². The highest BCUT2D eigenvalue weighted by Crippen LogP contribution is 2.30. The molecule has 10 heteroatoms. The lowest BCUT2D eigenvalue weighted by Crippen LogP contribution is -2.73. The molecule has 1 aliphatic rings. The van der Waals surface area contributed by atoms with Crippen molar-refractivity contribution in [1.29, 1.82) is 0 Å². The maximum Gasteiger partial charge on any atom is 0.408 e. The van der Waals surface area contributed by atoms with Crippen LogP contribution in [0.1, 0.15) is 11.1 Å². The molecular weight excluding hydrogens is 432 g/mol. The fourth-order valence-corrected chi connectivity index (χ4v) is 3.45. The summed E-state index contributed by atoms with van der Waals surface area (Å²) in [5.74, 6) is 0.681. The van der Waals surface area contributed by atoms with Crippen LogP contribution in [-0.4, -0.2) is 63.4 Å². The van der Waals surface area contributed by atoms with E-state index < -0.39 is 30.1 Å². The van der Waals surface area contributed by atoms with Crippen LogP contribution in [0.15, 0.2) is 42.5 Å². The number of amides is 2. The SMILES string of the molecule is COC(=O)C1C(NC(=O)OCc2ccc(OC)cc2)C(=O)N1Cc1ccc(OC)cc1OC. The number of esters is 1. The Kier molecular flexibility index (Phi) is 7.60. The lowest BCUT2D eigenvalue weighted by atomic mass is 9.94. The fraction of sp³-hybridized carbons (Fsp3) is 0.348. The molecule has 2 atom stereocenters. The Morgan fingerprint density at radius 3 is 2.21 bits per heavy atom. The Morgan fingerprint density at radius 1 is 0.939 bits per heavy atom. The molecule has 0 saturated carbocycles. The molecule has 176 valence electrons. The van der Waals surface area contributed by atoms with Gasteiger partial charge in [0.15, 0.2) is 6.04 Å². The second-order valence-corrected chi connectivity index (χ2v) is 7.16. The molecule has 2 aromatic rings. The summed E-state index contributed by atoms with van der Waals surface area (Å²) in [6.07, 6.45) is -0.820. The molecule has 0 bridgehead atoms. The molecule has 1 fully saturated rings. The number of hydrogen-bond donors (Lipinski definition) is 1. The Morgan fingerprint density at radius 2 is 1.61 bits per heavy atom. The third-order valence-corrected chi connectivity index (χ3v) is 5.28. The van der Waals surface area contributed by atoms with Crippen LogP contribution in [-0.2, 0) is 32.2 Å². The van der Waals surface area contributed by atoms with Gasteiger partial charge in [-0.25, -0.2) is 9.59 Å². The summed E-state index contributed by atoms with van der Waals surface area (Å²) in [6, 6.07) is 10.0. The number of carbonyl (C=O) groups is 3. The van der Waals surface area contributed by atoms with Gasteiger partial charge >= 0.3 is 12.1 Å². The second-order valence-electron chi connectivity index (χ2n) is 7.16. The Labute approximate surface area is 191 Å². The summed E-state index contributed by atoms with van der Waals surface area (Å²) in [5, 5.41) is 2.46. The molecule has 2 aromatic carbocycles. The number of nitrogens with one attached hydrogen (secondary N) is 1. The standard InChI is InChI=1S/C23H26N2O8/c1-29-16-8-5-14(6-9-16)13-33-23(28)24-19-20(22(27)32-4)25(21(19)26)12-15-7-10-17(30-2)11-18(15)31-3/h5-11,19-20H,12-13H2,1-4H3,(H,24,28). The molecule has 1 aliphatic heterocycles. The van der Waals surface area contributed by atoms with E-state index in [1.54, 1.807) is 49.6 Å². The first-order valence-corrected chi connectivity index (χ1v) is 10.1. The minimum absolute atomic E-state index is 0.00755. The van der Waals surface area contributed by atoms with Gasteiger partial charge in [-0.15, -0.1) is 0 Å². The summed E-state index contributed by atoms with van der Waals surface area (Å²) in [6.45, 7) is 0.0806. The molecule has 0 aromatic heterocycles. The van der Waals surface area contributed by atoms with Crippen LogP contribution < -0.4 is 19.5 Å². The molecule has 1 saturated heterocycles. The highest BCUT2D eigenvalue weighted by Gasteiger charge is 2.53. The van der Waals surface area contributed by atoms with E-state index in [1.165, 1.54) is 26.2 Å². The van der Waals surface area contributed by atoms with Gasteiger partial charge in [0.25, 0.3) is 0 Å². The molecule has 2 amide bonds. The number of benzene rings is 2. The van der Waals surface area contributed by atoms with Crippen LogP contribution in [0.5, 0.6) is 17.2 Å².